The Morgan fingerprint density at radius 3 is 1.72 bits per heavy atom. The van der Waals surface area contributed by atoms with Crippen LogP contribution in [0.25, 0.3) is 11.1 Å². The number of methoxy groups -OCH3 is 1. The zero-order valence-electron chi connectivity index (χ0n) is 30.2. The molecular weight excluding hydrogens is 748 g/mol. The number of pyridine rings is 1. The fraction of sp³-hybridized carbons (Fsp3) is 0.486. The van der Waals surface area contributed by atoms with Crippen LogP contribution in [0.3, 0.4) is 0 Å². The average molecular weight is 800 g/mol. The van der Waals surface area contributed by atoms with Crippen molar-refractivity contribution >= 4 is 47.5 Å². The van der Waals surface area contributed by atoms with Crippen LogP contribution in [-0.4, -0.2) is 71.8 Å². The number of rotatable bonds is 14. The Bertz CT molecular complexity index is 1830. The van der Waals surface area contributed by atoms with Crippen LogP contribution in [0.4, 0.5) is 10.6 Å². The zero-order valence-corrected chi connectivity index (χ0v) is 33.5. The lowest BCUT2D eigenvalue weighted by Gasteiger charge is -2.27. The molecule has 0 saturated carbocycles. The lowest BCUT2D eigenvalue weighted by molar-refractivity contribution is 0.187. The highest BCUT2D eigenvalue weighted by Gasteiger charge is 2.25. The molecule has 2 aromatic carbocycles. The van der Waals surface area contributed by atoms with E-state index in [1.807, 2.05) is 13.8 Å². The van der Waals surface area contributed by atoms with E-state index in [2.05, 4.69) is 58.7 Å². The van der Waals surface area contributed by atoms with Gasteiger partial charge in [-0.3, -0.25) is 5.32 Å². The van der Waals surface area contributed by atoms with Crippen LogP contribution < -0.4 is 26.3 Å². The average Bonchev–Trinajstić information content (AvgIpc) is 2.97. The number of benzene rings is 2. The van der Waals surface area contributed by atoms with Gasteiger partial charge in [0.1, 0.15) is 40.3 Å². The molecule has 1 heterocycles. The third kappa shape index (κ3) is 14.5. The fourth-order valence-electron chi connectivity index (χ4n) is 5.29. The van der Waals surface area contributed by atoms with Gasteiger partial charge in [0.25, 0.3) is 0 Å². The Balaban J connectivity index is 0.000000377. The molecule has 50 heavy (non-hydrogen) atoms. The molecule has 0 bridgehead atoms. The van der Waals surface area contributed by atoms with Crippen molar-refractivity contribution in [1.29, 1.82) is 0 Å². The quantitative estimate of drug-likeness (QED) is 0.162. The van der Waals surface area contributed by atoms with Crippen molar-refractivity contribution in [3.63, 3.8) is 0 Å². The molecule has 12 nitrogen and oxygen atoms in total. The molecule has 0 saturated heterocycles. The summed E-state index contributed by atoms with van der Waals surface area (Å²) in [5.74, 6) is 1.72. The number of carbonyl (C=O) groups excluding carboxylic acids is 1. The molecule has 5 N–H and O–H groups in total. The van der Waals surface area contributed by atoms with Crippen molar-refractivity contribution < 1.29 is 35.8 Å². The molecule has 3 aromatic rings. The summed E-state index contributed by atoms with van der Waals surface area (Å²) in [4.78, 5) is 15.7. The van der Waals surface area contributed by atoms with Crippen molar-refractivity contribution in [2.24, 2.45) is 23.3 Å². The number of nitrogens with zero attached hydrogens (tertiary/aromatic N) is 1. The van der Waals surface area contributed by atoms with Crippen LogP contribution >= 0.6 is 15.9 Å². The zero-order chi connectivity index (χ0) is 38.1. The van der Waals surface area contributed by atoms with Crippen molar-refractivity contribution in [2.45, 2.75) is 75.3 Å². The lowest BCUT2D eigenvalue weighted by atomic mass is 9.93. The first-order valence-electron chi connectivity index (χ1n) is 15.9. The highest BCUT2D eigenvalue weighted by molar-refractivity contribution is 9.10. The van der Waals surface area contributed by atoms with E-state index in [1.165, 1.54) is 19.4 Å². The second kappa shape index (κ2) is 17.8. The van der Waals surface area contributed by atoms with Gasteiger partial charge in [-0.05, 0) is 92.1 Å². The number of aromatic nitrogens is 1. The maximum atomic E-state index is 12.4. The van der Waals surface area contributed by atoms with Gasteiger partial charge in [0.05, 0.1) is 7.11 Å². The number of ether oxygens (including phenoxy) is 3. The van der Waals surface area contributed by atoms with Gasteiger partial charge in [-0.15, -0.1) is 0 Å². The minimum absolute atomic E-state index is 0.0691. The van der Waals surface area contributed by atoms with E-state index < -0.39 is 36.8 Å². The summed E-state index contributed by atoms with van der Waals surface area (Å²) in [6.07, 6.45) is 4.70. The summed E-state index contributed by atoms with van der Waals surface area (Å²) in [5.41, 5.74) is 12.7. The number of nitrogens with two attached hydrogens (primary N) is 2. The molecule has 1 amide bonds. The molecule has 0 fully saturated rings. The Morgan fingerprint density at radius 1 is 0.800 bits per heavy atom. The predicted octanol–water partition coefficient (Wildman–Crippen LogP) is 6.47. The number of halogens is 1. The Kier molecular flexibility index (Phi) is 15.3. The van der Waals surface area contributed by atoms with E-state index in [9.17, 15) is 21.6 Å². The third-order valence-corrected chi connectivity index (χ3v) is 9.75. The summed E-state index contributed by atoms with van der Waals surface area (Å²) in [6, 6.07) is 13.2. The van der Waals surface area contributed by atoms with Crippen molar-refractivity contribution in [1.82, 2.24) is 4.98 Å². The maximum absolute atomic E-state index is 12.4. The van der Waals surface area contributed by atoms with Gasteiger partial charge in [0.2, 0.25) is 0 Å². The van der Waals surface area contributed by atoms with Crippen LogP contribution in [0.2, 0.25) is 0 Å². The maximum Gasteiger partial charge on any atom is 0.412 e. The first-order chi connectivity index (χ1) is 22.9. The molecular formula is C35H51BrN4O8S2. The molecule has 3 rings (SSSR count). The first-order valence-corrected chi connectivity index (χ1v) is 20.5. The highest BCUT2D eigenvalue weighted by Crippen LogP contribution is 2.32. The molecule has 2 atom stereocenters. The summed E-state index contributed by atoms with van der Waals surface area (Å²) in [5, 5.41) is 2.48. The van der Waals surface area contributed by atoms with Gasteiger partial charge in [-0.2, -0.15) is 0 Å². The number of sulfone groups is 2. The minimum Gasteiger partial charge on any atom is -0.490 e. The van der Waals surface area contributed by atoms with E-state index in [4.69, 9.17) is 20.9 Å². The van der Waals surface area contributed by atoms with Crippen LogP contribution in [0.5, 0.6) is 11.5 Å². The van der Waals surface area contributed by atoms with E-state index in [-0.39, 0.29) is 34.6 Å². The number of amides is 1. The molecule has 0 unspecified atom stereocenters. The number of hydrogen-bond donors (Lipinski definition) is 3. The van der Waals surface area contributed by atoms with Crippen LogP contribution in [0.1, 0.15) is 54.4 Å². The SMILES string of the molecule is CC(C)C[C@](C)(N)COc1ccc(Br)cc1S(C)(=O)=O.COC(=O)Nc1cc(-c2ccc(OC[C@@](C)(N)CC(C)C)c(S(C)(=O)=O)c2)ccn1. The van der Waals surface area contributed by atoms with Gasteiger partial charge in [-0.25, -0.2) is 26.6 Å². The van der Waals surface area contributed by atoms with Gasteiger partial charge < -0.3 is 25.7 Å². The standard InChI is InChI=1S/C21H29N3O5S.C14H22BrNO3S/c1-14(2)12-21(3,22)13-29-17-7-6-15(10-18(17)30(5,26)27)16-8-9-23-19(11-16)24-20(25)28-4;1-10(2)8-14(3,16)9-19-12-6-5-11(15)7-13(12)20(4,17)18/h6-11,14H,12-13,22H2,1-5H3,(H,23,24,25);5-7,10H,8-9,16H2,1-4H3/t21-;14-/m00/s1. The number of hydrogen-bond acceptors (Lipinski definition) is 11. The minimum atomic E-state index is -3.56. The largest absolute Gasteiger partial charge is 0.490 e. The molecule has 0 aliphatic heterocycles. The number of anilines is 1. The molecule has 15 heteroatoms. The van der Waals surface area contributed by atoms with E-state index in [1.54, 1.807) is 42.5 Å². The van der Waals surface area contributed by atoms with Gasteiger partial charge in [-0.1, -0.05) is 49.7 Å². The fourth-order valence-corrected chi connectivity index (χ4v) is 7.47. The van der Waals surface area contributed by atoms with E-state index >= 15 is 0 Å². The highest BCUT2D eigenvalue weighted by atomic mass is 79.9. The summed E-state index contributed by atoms with van der Waals surface area (Å²) in [6.45, 7) is 12.6. The van der Waals surface area contributed by atoms with Crippen molar-refractivity contribution in [2.75, 3.05) is 38.2 Å². The molecule has 0 aliphatic rings. The summed E-state index contributed by atoms with van der Waals surface area (Å²) in [7, 11) is -5.65. The normalized spacial score (nSPS) is 14.2. The van der Waals surface area contributed by atoms with Crippen LogP contribution in [-0.2, 0) is 24.4 Å². The van der Waals surface area contributed by atoms with Gasteiger partial charge >= 0.3 is 6.09 Å². The lowest BCUT2D eigenvalue weighted by Crippen LogP contribution is -2.43. The Labute approximate surface area is 305 Å². The van der Waals surface area contributed by atoms with Gasteiger partial charge in [0, 0.05) is 34.3 Å². The second-order valence-electron chi connectivity index (χ2n) is 13.9. The number of carbonyl (C=O) groups is 1. The first kappa shape index (κ1) is 42.9. The topological polar surface area (TPSA) is 190 Å². The monoisotopic (exact) mass is 798 g/mol. The van der Waals surface area contributed by atoms with Crippen LogP contribution in [0, 0.1) is 11.8 Å². The van der Waals surface area contributed by atoms with Crippen molar-refractivity contribution in [3.8, 4) is 22.6 Å². The Hall–Kier alpha value is -3.24. The molecule has 0 radical (unpaired) electrons. The van der Waals surface area contributed by atoms with Crippen LogP contribution in [0.15, 0.2) is 69.0 Å². The van der Waals surface area contributed by atoms with Gasteiger partial charge in [0.15, 0.2) is 19.7 Å². The summed E-state index contributed by atoms with van der Waals surface area (Å²) >= 11 is 3.27. The third-order valence-electron chi connectivity index (χ3n) is 7.02. The predicted molar refractivity (Wildman–Crippen MR) is 201 cm³/mol. The molecule has 1 aromatic heterocycles. The molecule has 0 aliphatic carbocycles. The molecule has 0 spiro atoms. The number of nitrogens with one attached hydrogen (secondary N) is 1. The van der Waals surface area contributed by atoms with E-state index in [0.717, 1.165) is 25.4 Å². The molecule has 278 valence electrons. The smallest absolute Gasteiger partial charge is 0.412 e. The second-order valence-corrected chi connectivity index (χ2v) is 18.8. The van der Waals surface area contributed by atoms with Crippen molar-refractivity contribution in [3.05, 3.63) is 59.2 Å². The summed E-state index contributed by atoms with van der Waals surface area (Å²) < 4.78 is 65.1. The Morgan fingerprint density at radius 2 is 1.26 bits per heavy atom. The van der Waals surface area contributed by atoms with E-state index in [0.29, 0.717) is 33.2 Å².